The number of rotatable bonds is 2. The van der Waals surface area contributed by atoms with Gasteiger partial charge in [0.15, 0.2) is 0 Å². The van der Waals surface area contributed by atoms with E-state index in [1.54, 1.807) is 6.92 Å². The number of carbonyl (C=O) groups is 2. The first-order valence-corrected chi connectivity index (χ1v) is 2.70. The van der Waals surface area contributed by atoms with Crippen LogP contribution >= 0.6 is 0 Å². The van der Waals surface area contributed by atoms with E-state index in [2.05, 4.69) is 0 Å². The summed E-state index contributed by atoms with van der Waals surface area (Å²) in [6.45, 7) is 1.57. The smallest absolute Gasteiger partial charge is 0.565 e. The number of carboxylic acids is 1. The number of aliphatic hydroxyl groups excluding tert-OH is 1. The molecule has 66 valence electrons. The molecule has 0 radical (unpaired) electrons. The second kappa shape index (κ2) is 14.4. The predicted molar refractivity (Wildman–Crippen MR) is 29.3 cm³/mol. The third kappa shape index (κ3) is 33.5. The van der Waals surface area contributed by atoms with Gasteiger partial charge in [-0.2, -0.15) is 0 Å². The van der Waals surface area contributed by atoms with Crippen LogP contribution in [0.5, 0.6) is 0 Å². The Hall–Kier alpha value is -0.105. The second-order valence-corrected chi connectivity index (χ2v) is 1.51. The van der Waals surface area contributed by atoms with Crippen LogP contribution in [0.15, 0.2) is 0 Å². The number of aliphatic carboxylic acids is 1. The SMILES string of the molecule is CCC(O)C(=O)[O-].O=C([O-])O.[Li+].[Li+]. The molecule has 0 amide bonds. The molecule has 0 aliphatic carbocycles. The molecule has 0 fully saturated rings. The van der Waals surface area contributed by atoms with Crippen molar-refractivity contribution in [1.82, 2.24) is 0 Å². The van der Waals surface area contributed by atoms with Crippen molar-refractivity contribution in [1.29, 1.82) is 0 Å². The van der Waals surface area contributed by atoms with Crippen LogP contribution in [0.4, 0.5) is 4.79 Å². The largest absolute Gasteiger partial charge is 1.00 e. The van der Waals surface area contributed by atoms with Crippen molar-refractivity contribution >= 4 is 12.1 Å². The van der Waals surface area contributed by atoms with Gasteiger partial charge in [-0.1, -0.05) is 6.92 Å². The van der Waals surface area contributed by atoms with Gasteiger partial charge < -0.3 is 30.0 Å². The van der Waals surface area contributed by atoms with Crippen LogP contribution in [0.1, 0.15) is 13.3 Å². The number of aliphatic hydroxyl groups is 1. The Balaban J connectivity index is -0.0000000600. The van der Waals surface area contributed by atoms with Crippen LogP contribution in [0.2, 0.25) is 0 Å². The summed E-state index contributed by atoms with van der Waals surface area (Å²) in [6.07, 6.45) is -3.16. The average Bonchev–Trinajstić information content (AvgIpc) is 1.85. The Morgan fingerprint density at radius 1 is 1.31 bits per heavy atom. The molecular weight excluding hydrogens is 170 g/mol. The zero-order chi connectivity index (χ0) is 9.44. The van der Waals surface area contributed by atoms with Gasteiger partial charge in [-0.3, -0.25) is 0 Å². The fourth-order valence-electron chi connectivity index (χ4n) is 0.167. The third-order valence-corrected chi connectivity index (χ3v) is 0.659. The van der Waals surface area contributed by atoms with Gasteiger partial charge in [-0.05, 0) is 6.42 Å². The van der Waals surface area contributed by atoms with Crippen molar-refractivity contribution < 1.29 is 67.7 Å². The molecule has 0 bridgehead atoms. The van der Waals surface area contributed by atoms with Crippen LogP contribution in [0.3, 0.4) is 0 Å². The molecule has 0 aromatic rings. The van der Waals surface area contributed by atoms with E-state index in [1.165, 1.54) is 0 Å². The number of carboxylic acid groups (broad SMARTS) is 3. The maximum absolute atomic E-state index is 9.57. The molecule has 0 rings (SSSR count). The van der Waals surface area contributed by atoms with Crippen LogP contribution in [0.25, 0.3) is 0 Å². The van der Waals surface area contributed by atoms with Crippen LogP contribution < -0.4 is 47.9 Å². The fraction of sp³-hybridized carbons (Fsp3) is 0.600. The van der Waals surface area contributed by atoms with Gasteiger partial charge in [0.2, 0.25) is 6.16 Å². The van der Waals surface area contributed by atoms with Crippen molar-refractivity contribution in [3.63, 3.8) is 0 Å². The van der Waals surface area contributed by atoms with E-state index in [1.807, 2.05) is 0 Å². The molecule has 0 aliphatic rings. The van der Waals surface area contributed by atoms with E-state index in [4.69, 9.17) is 20.1 Å². The molecule has 0 saturated heterocycles. The van der Waals surface area contributed by atoms with E-state index in [-0.39, 0.29) is 44.1 Å². The van der Waals surface area contributed by atoms with Crippen molar-refractivity contribution in [3.8, 4) is 0 Å². The molecular formula is C5H8Li2O6. The van der Waals surface area contributed by atoms with Crippen LogP contribution in [-0.4, -0.2) is 28.4 Å². The fourth-order valence-corrected chi connectivity index (χ4v) is 0.167. The Morgan fingerprint density at radius 2 is 1.54 bits per heavy atom. The molecule has 0 aromatic heterocycles. The minimum Gasteiger partial charge on any atom is -0.565 e. The maximum Gasteiger partial charge on any atom is 1.00 e. The topological polar surface area (TPSA) is 121 Å². The minimum absolute atomic E-state index is 0. The summed E-state index contributed by atoms with van der Waals surface area (Å²) in [5.41, 5.74) is 0. The zero-order valence-electron chi connectivity index (χ0n) is 7.81. The quantitative estimate of drug-likeness (QED) is 0.405. The van der Waals surface area contributed by atoms with Gasteiger partial charge in [-0.15, -0.1) is 0 Å². The van der Waals surface area contributed by atoms with E-state index in [0.29, 0.717) is 0 Å². The van der Waals surface area contributed by atoms with Gasteiger partial charge in [-0.25, -0.2) is 0 Å². The number of hydrogen-bond donors (Lipinski definition) is 2. The molecule has 1 unspecified atom stereocenters. The van der Waals surface area contributed by atoms with Crippen molar-refractivity contribution in [2.45, 2.75) is 19.4 Å². The van der Waals surface area contributed by atoms with Gasteiger partial charge >= 0.3 is 37.7 Å². The first-order chi connectivity index (χ1) is 4.91. The Morgan fingerprint density at radius 3 is 1.54 bits per heavy atom. The summed E-state index contributed by atoms with van der Waals surface area (Å²) >= 11 is 0. The molecule has 13 heavy (non-hydrogen) atoms. The van der Waals surface area contributed by atoms with Gasteiger partial charge in [0.1, 0.15) is 0 Å². The first-order valence-electron chi connectivity index (χ1n) is 2.70. The molecule has 1 atom stereocenters. The summed E-state index contributed by atoms with van der Waals surface area (Å²) in [5.74, 6) is -1.40. The molecule has 0 saturated carbocycles. The third-order valence-electron chi connectivity index (χ3n) is 0.659. The van der Waals surface area contributed by atoms with Crippen LogP contribution in [0, 0.1) is 0 Å². The zero-order valence-corrected chi connectivity index (χ0v) is 7.81. The summed E-state index contributed by atoms with van der Waals surface area (Å²) in [4.78, 5) is 18.0. The summed E-state index contributed by atoms with van der Waals surface area (Å²) < 4.78 is 0. The van der Waals surface area contributed by atoms with Gasteiger partial charge in [0, 0.05) is 0 Å². The molecule has 0 heterocycles. The normalized spacial score (nSPS) is 9.08. The maximum atomic E-state index is 9.57. The van der Waals surface area contributed by atoms with E-state index in [0.717, 1.165) is 0 Å². The molecule has 8 heteroatoms. The average molecular weight is 178 g/mol. The minimum atomic E-state index is -2.08. The Kier molecular flexibility index (Phi) is 25.6. The molecule has 0 spiro atoms. The number of carbonyl (C=O) groups excluding carboxylic acids is 1. The second-order valence-electron chi connectivity index (χ2n) is 1.51. The molecule has 6 nitrogen and oxygen atoms in total. The van der Waals surface area contributed by atoms with Crippen molar-refractivity contribution in [3.05, 3.63) is 0 Å². The van der Waals surface area contributed by atoms with Crippen molar-refractivity contribution in [2.75, 3.05) is 0 Å². The summed E-state index contributed by atoms with van der Waals surface area (Å²) in [5, 5.41) is 33.1. The van der Waals surface area contributed by atoms with Crippen LogP contribution in [-0.2, 0) is 4.79 Å². The standard InChI is InChI=1S/C4H8O3.CH2O3.2Li/c1-2-3(5)4(6)7;2-1(3)4;;/h3,5H,2H2,1H3,(H,6,7);(H2,2,3,4);;/q;;2*+1/p-2. The Labute approximate surface area is 99.3 Å². The molecule has 0 aliphatic heterocycles. The first kappa shape index (κ1) is 23.1. The predicted octanol–water partition coefficient (Wildman–Crippen LogP) is -8.60. The number of hydrogen-bond acceptors (Lipinski definition) is 5. The van der Waals surface area contributed by atoms with Gasteiger partial charge in [0.05, 0.1) is 12.1 Å². The van der Waals surface area contributed by atoms with E-state index >= 15 is 0 Å². The monoisotopic (exact) mass is 178 g/mol. The van der Waals surface area contributed by atoms with E-state index in [9.17, 15) is 9.90 Å². The van der Waals surface area contributed by atoms with Gasteiger partial charge in [0.25, 0.3) is 0 Å². The Bertz CT molecular complexity index is 135. The van der Waals surface area contributed by atoms with Crippen molar-refractivity contribution in [2.24, 2.45) is 0 Å². The van der Waals surface area contributed by atoms with E-state index < -0.39 is 18.2 Å². The molecule has 2 N–H and O–H groups in total. The molecule has 0 aromatic carbocycles. The summed E-state index contributed by atoms with van der Waals surface area (Å²) in [7, 11) is 0. The summed E-state index contributed by atoms with van der Waals surface area (Å²) in [6, 6.07) is 0.